The summed E-state index contributed by atoms with van der Waals surface area (Å²) < 4.78 is 10.9. The number of H-pyrrole nitrogens is 1. The molecule has 0 saturated carbocycles. The second-order valence-corrected chi connectivity index (χ2v) is 7.63. The lowest BCUT2D eigenvalue weighted by Gasteiger charge is -2.20. The van der Waals surface area contributed by atoms with E-state index < -0.39 is 17.5 Å². The second-order valence-electron chi connectivity index (χ2n) is 7.63. The Bertz CT molecular complexity index is 782. The maximum absolute atomic E-state index is 12.7. The van der Waals surface area contributed by atoms with E-state index >= 15 is 0 Å². The maximum atomic E-state index is 12.7. The normalized spacial score (nSPS) is 11.5. The molecule has 0 unspecified atom stereocenters. The van der Waals surface area contributed by atoms with Crippen molar-refractivity contribution < 1.29 is 19.1 Å². The van der Waals surface area contributed by atoms with E-state index in [-0.39, 0.29) is 12.5 Å². The topological polar surface area (TPSA) is 68.4 Å². The molecule has 26 heavy (non-hydrogen) atoms. The van der Waals surface area contributed by atoms with Crippen LogP contribution in [0.15, 0.2) is 30.3 Å². The van der Waals surface area contributed by atoms with Gasteiger partial charge in [-0.25, -0.2) is 9.59 Å². The number of aromatic nitrogens is 1. The van der Waals surface area contributed by atoms with Crippen LogP contribution in [0.3, 0.4) is 0 Å². The first-order valence-electron chi connectivity index (χ1n) is 8.77. The monoisotopic (exact) mass is 357 g/mol. The highest BCUT2D eigenvalue weighted by molar-refractivity contribution is 5.99. The lowest BCUT2D eigenvalue weighted by Crippen LogP contribution is -2.25. The van der Waals surface area contributed by atoms with Crippen molar-refractivity contribution in [2.45, 2.75) is 59.7 Å². The van der Waals surface area contributed by atoms with Crippen LogP contribution in [0.25, 0.3) is 0 Å². The summed E-state index contributed by atoms with van der Waals surface area (Å²) in [5, 5.41) is 0. The van der Waals surface area contributed by atoms with Gasteiger partial charge in [0.05, 0.1) is 5.56 Å². The number of carbonyl (C=O) groups is 2. The molecule has 0 fully saturated rings. The van der Waals surface area contributed by atoms with Gasteiger partial charge < -0.3 is 14.5 Å². The van der Waals surface area contributed by atoms with Crippen molar-refractivity contribution in [1.82, 2.24) is 4.98 Å². The molecule has 0 spiro atoms. The molecule has 5 heteroatoms. The van der Waals surface area contributed by atoms with Crippen LogP contribution in [0.2, 0.25) is 0 Å². The van der Waals surface area contributed by atoms with Crippen LogP contribution in [0.5, 0.6) is 0 Å². The van der Waals surface area contributed by atoms with Crippen LogP contribution in [-0.4, -0.2) is 22.5 Å². The molecule has 2 aromatic rings. The Balaban J connectivity index is 2.30. The van der Waals surface area contributed by atoms with Crippen LogP contribution in [0.4, 0.5) is 0 Å². The SMILES string of the molecule is Cc1[nH]c(C(=O)OC(C)(C)C)c(C(C)C)c1C(=O)OCc1ccccc1. The average Bonchev–Trinajstić information content (AvgIpc) is 2.90. The molecule has 1 heterocycles. The van der Waals surface area contributed by atoms with Crippen molar-refractivity contribution in [2.24, 2.45) is 0 Å². The molecule has 1 N–H and O–H groups in total. The summed E-state index contributed by atoms with van der Waals surface area (Å²) in [4.78, 5) is 28.3. The smallest absolute Gasteiger partial charge is 0.355 e. The van der Waals surface area contributed by atoms with Gasteiger partial charge in [-0.15, -0.1) is 0 Å². The van der Waals surface area contributed by atoms with Crippen molar-refractivity contribution in [3.05, 3.63) is 58.4 Å². The quantitative estimate of drug-likeness (QED) is 0.784. The molecule has 1 aromatic heterocycles. The predicted molar refractivity (Wildman–Crippen MR) is 100 cm³/mol. The zero-order valence-corrected chi connectivity index (χ0v) is 16.3. The molecule has 0 atom stereocenters. The van der Waals surface area contributed by atoms with E-state index in [1.807, 2.05) is 65.0 Å². The molecular weight excluding hydrogens is 330 g/mol. The Morgan fingerprint density at radius 2 is 1.69 bits per heavy atom. The van der Waals surface area contributed by atoms with Gasteiger partial charge in [-0.1, -0.05) is 44.2 Å². The maximum Gasteiger partial charge on any atom is 0.355 e. The first-order valence-corrected chi connectivity index (χ1v) is 8.77. The highest BCUT2D eigenvalue weighted by Crippen LogP contribution is 2.29. The van der Waals surface area contributed by atoms with Gasteiger partial charge in [0.25, 0.3) is 0 Å². The Labute approximate surface area is 154 Å². The number of hydrogen-bond donors (Lipinski definition) is 1. The van der Waals surface area contributed by atoms with Crippen molar-refractivity contribution in [3.63, 3.8) is 0 Å². The van der Waals surface area contributed by atoms with E-state index in [0.717, 1.165) is 5.56 Å². The Morgan fingerprint density at radius 3 is 2.23 bits per heavy atom. The fraction of sp³-hybridized carbons (Fsp3) is 0.429. The molecule has 0 aliphatic rings. The predicted octanol–water partition coefficient (Wildman–Crippen LogP) is 4.76. The molecule has 1 aromatic carbocycles. The van der Waals surface area contributed by atoms with Crippen molar-refractivity contribution in [2.75, 3.05) is 0 Å². The molecule has 0 radical (unpaired) electrons. The molecular formula is C21H27NO4. The summed E-state index contributed by atoms with van der Waals surface area (Å²) in [6, 6.07) is 9.49. The average molecular weight is 357 g/mol. The van der Waals surface area contributed by atoms with Gasteiger partial charge in [0.15, 0.2) is 0 Å². The summed E-state index contributed by atoms with van der Waals surface area (Å²) in [5.74, 6) is -0.950. The van der Waals surface area contributed by atoms with Crippen LogP contribution < -0.4 is 0 Å². The number of ether oxygens (including phenoxy) is 2. The van der Waals surface area contributed by atoms with Gasteiger partial charge in [0.2, 0.25) is 0 Å². The zero-order chi connectivity index (χ0) is 19.5. The Hall–Kier alpha value is -2.56. The van der Waals surface area contributed by atoms with Crippen LogP contribution in [0.1, 0.15) is 78.2 Å². The van der Waals surface area contributed by atoms with Crippen molar-refractivity contribution in [1.29, 1.82) is 0 Å². The fourth-order valence-electron chi connectivity index (χ4n) is 2.77. The molecule has 0 aliphatic carbocycles. The molecule has 2 rings (SSSR count). The molecule has 0 aliphatic heterocycles. The van der Waals surface area contributed by atoms with Gasteiger partial charge in [-0.05, 0) is 39.2 Å². The minimum atomic E-state index is -0.613. The number of nitrogens with one attached hydrogen (secondary N) is 1. The lowest BCUT2D eigenvalue weighted by atomic mass is 9.97. The minimum Gasteiger partial charge on any atom is -0.457 e. The standard InChI is InChI=1S/C21H27NO4/c1-13(2)16-17(19(23)25-12-15-10-8-7-9-11-15)14(3)22-18(16)20(24)26-21(4,5)6/h7-11,13,22H,12H2,1-6H3. The molecule has 0 saturated heterocycles. The Kier molecular flexibility index (Phi) is 5.90. The first kappa shape index (κ1) is 19.8. The van der Waals surface area contributed by atoms with Crippen LogP contribution >= 0.6 is 0 Å². The Morgan fingerprint density at radius 1 is 1.08 bits per heavy atom. The lowest BCUT2D eigenvalue weighted by molar-refractivity contribution is 0.00618. The highest BCUT2D eigenvalue weighted by Gasteiger charge is 2.30. The van der Waals surface area contributed by atoms with E-state index in [9.17, 15) is 9.59 Å². The van der Waals surface area contributed by atoms with Gasteiger partial charge >= 0.3 is 11.9 Å². The summed E-state index contributed by atoms with van der Waals surface area (Å²) in [6.07, 6.45) is 0. The summed E-state index contributed by atoms with van der Waals surface area (Å²) >= 11 is 0. The van der Waals surface area contributed by atoms with E-state index in [1.54, 1.807) is 6.92 Å². The number of aryl methyl sites for hydroxylation is 1. The molecule has 140 valence electrons. The summed E-state index contributed by atoms with van der Waals surface area (Å²) in [7, 11) is 0. The third kappa shape index (κ3) is 4.75. The van der Waals surface area contributed by atoms with Crippen molar-refractivity contribution >= 4 is 11.9 Å². The van der Waals surface area contributed by atoms with Crippen molar-refractivity contribution in [3.8, 4) is 0 Å². The first-order chi connectivity index (χ1) is 12.1. The summed E-state index contributed by atoms with van der Waals surface area (Å²) in [6.45, 7) is 11.2. The zero-order valence-electron chi connectivity index (χ0n) is 16.3. The van der Waals surface area contributed by atoms with Crippen LogP contribution in [0, 0.1) is 6.92 Å². The number of carbonyl (C=O) groups excluding carboxylic acids is 2. The van der Waals surface area contributed by atoms with Gasteiger partial charge in [-0.3, -0.25) is 0 Å². The van der Waals surface area contributed by atoms with E-state index in [2.05, 4.69) is 4.98 Å². The second kappa shape index (κ2) is 7.77. The third-order valence-corrected chi connectivity index (χ3v) is 3.82. The van der Waals surface area contributed by atoms with Crippen LogP contribution in [-0.2, 0) is 16.1 Å². The number of aromatic amines is 1. The third-order valence-electron chi connectivity index (χ3n) is 3.82. The summed E-state index contributed by atoms with van der Waals surface area (Å²) in [5.41, 5.74) is 2.27. The number of esters is 2. The van der Waals surface area contributed by atoms with E-state index in [4.69, 9.17) is 9.47 Å². The number of benzene rings is 1. The van der Waals surface area contributed by atoms with E-state index in [1.165, 1.54) is 0 Å². The largest absolute Gasteiger partial charge is 0.457 e. The van der Waals surface area contributed by atoms with Gasteiger partial charge in [0, 0.05) is 11.3 Å². The molecule has 0 bridgehead atoms. The molecule has 5 nitrogen and oxygen atoms in total. The van der Waals surface area contributed by atoms with Gasteiger partial charge in [-0.2, -0.15) is 0 Å². The number of hydrogen-bond acceptors (Lipinski definition) is 4. The molecule has 0 amide bonds. The highest BCUT2D eigenvalue weighted by atomic mass is 16.6. The van der Waals surface area contributed by atoms with E-state index in [0.29, 0.717) is 22.5 Å². The van der Waals surface area contributed by atoms with Gasteiger partial charge in [0.1, 0.15) is 17.9 Å². The fourth-order valence-corrected chi connectivity index (χ4v) is 2.77. The number of rotatable bonds is 5. The minimum absolute atomic E-state index is 0.0401.